The molecule has 1 aliphatic rings. The normalized spacial score (nSPS) is 27.6. The van der Waals surface area contributed by atoms with Crippen molar-refractivity contribution in [2.45, 2.75) is 39.2 Å². The number of hydrogen-bond acceptors (Lipinski definition) is 4. The fourth-order valence-corrected chi connectivity index (χ4v) is 3.35. The summed E-state index contributed by atoms with van der Waals surface area (Å²) in [5.74, 6) is 1.46. The first-order valence-corrected chi connectivity index (χ1v) is 7.59. The van der Waals surface area contributed by atoms with Gasteiger partial charge < -0.3 is 20.3 Å². The van der Waals surface area contributed by atoms with Crippen molar-refractivity contribution in [3.63, 3.8) is 0 Å². The van der Waals surface area contributed by atoms with Crippen LogP contribution in [0.3, 0.4) is 0 Å². The standard InChI is InChI=1S/C17H27NO3/c1-16(2)8-9-17(12-18,15(16)19)10-11-21-14-7-5-4-6-13(14)20-3/h4-7,15,19H,8-12,18H2,1-3H3. The van der Waals surface area contributed by atoms with Gasteiger partial charge in [-0.2, -0.15) is 0 Å². The first-order valence-electron chi connectivity index (χ1n) is 7.59. The molecule has 0 aliphatic heterocycles. The maximum Gasteiger partial charge on any atom is 0.161 e. The fourth-order valence-electron chi connectivity index (χ4n) is 3.35. The number of para-hydroxylation sites is 2. The van der Waals surface area contributed by atoms with Crippen LogP contribution in [-0.4, -0.2) is 31.5 Å². The van der Waals surface area contributed by atoms with Crippen molar-refractivity contribution in [2.24, 2.45) is 16.6 Å². The SMILES string of the molecule is COc1ccccc1OCCC1(CN)CCC(C)(C)C1O. The lowest BCUT2D eigenvalue weighted by atomic mass is 9.76. The highest BCUT2D eigenvalue weighted by Crippen LogP contribution is 2.50. The molecule has 1 fully saturated rings. The minimum Gasteiger partial charge on any atom is -0.493 e. The second-order valence-corrected chi connectivity index (χ2v) is 6.71. The Morgan fingerprint density at radius 3 is 2.43 bits per heavy atom. The van der Waals surface area contributed by atoms with E-state index in [0.717, 1.165) is 30.8 Å². The molecule has 1 aromatic carbocycles. The smallest absolute Gasteiger partial charge is 0.161 e. The molecule has 118 valence electrons. The van der Waals surface area contributed by atoms with E-state index in [9.17, 15) is 5.11 Å². The number of rotatable bonds is 6. The van der Waals surface area contributed by atoms with Gasteiger partial charge in [-0.1, -0.05) is 26.0 Å². The summed E-state index contributed by atoms with van der Waals surface area (Å²) in [6, 6.07) is 7.60. The summed E-state index contributed by atoms with van der Waals surface area (Å²) in [6.45, 7) is 5.24. The van der Waals surface area contributed by atoms with Crippen molar-refractivity contribution >= 4 is 0 Å². The molecule has 0 radical (unpaired) electrons. The minimum absolute atomic E-state index is 0.0657. The van der Waals surface area contributed by atoms with Crippen LogP contribution in [0, 0.1) is 10.8 Å². The van der Waals surface area contributed by atoms with Gasteiger partial charge >= 0.3 is 0 Å². The third kappa shape index (κ3) is 3.16. The molecule has 4 nitrogen and oxygen atoms in total. The van der Waals surface area contributed by atoms with Gasteiger partial charge in [0.25, 0.3) is 0 Å². The van der Waals surface area contributed by atoms with Gasteiger partial charge in [-0.3, -0.25) is 0 Å². The molecule has 3 N–H and O–H groups in total. The highest BCUT2D eigenvalue weighted by atomic mass is 16.5. The Kier molecular flexibility index (Phi) is 4.79. The molecule has 1 saturated carbocycles. The maximum absolute atomic E-state index is 10.6. The van der Waals surface area contributed by atoms with Crippen molar-refractivity contribution in [3.05, 3.63) is 24.3 Å². The molecule has 0 heterocycles. The average Bonchev–Trinajstić information content (AvgIpc) is 2.72. The number of hydrogen-bond donors (Lipinski definition) is 2. The Bertz CT molecular complexity index is 475. The van der Waals surface area contributed by atoms with Gasteiger partial charge in [0.15, 0.2) is 11.5 Å². The number of nitrogens with two attached hydrogens (primary N) is 1. The molecule has 0 aromatic heterocycles. The first kappa shape index (κ1) is 16.1. The van der Waals surface area contributed by atoms with E-state index in [2.05, 4.69) is 13.8 Å². The highest BCUT2D eigenvalue weighted by molar-refractivity contribution is 5.39. The summed E-state index contributed by atoms with van der Waals surface area (Å²) in [5.41, 5.74) is 5.68. The number of benzene rings is 1. The third-order valence-corrected chi connectivity index (χ3v) is 4.92. The minimum atomic E-state index is -0.378. The van der Waals surface area contributed by atoms with Crippen molar-refractivity contribution in [3.8, 4) is 11.5 Å². The zero-order chi connectivity index (χ0) is 15.5. The zero-order valence-corrected chi connectivity index (χ0v) is 13.3. The summed E-state index contributed by atoms with van der Waals surface area (Å²) in [7, 11) is 1.63. The van der Waals surface area contributed by atoms with Crippen LogP contribution in [0.5, 0.6) is 11.5 Å². The van der Waals surface area contributed by atoms with Gasteiger partial charge in [0.1, 0.15) is 0 Å². The van der Waals surface area contributed by atoms with Gasteiger partial charge in [0.2, 0.25) is 0 Å². The second-order valence-electron chi connectivity index (χ2n) is 6.71. The Morgan fingerprint density at radius 2 is 1.90 bits per heavy atom. The predicted octanol–water partition coefficient (Wildman–Crippen LogP) is 2.59. The van der Waals surface area contributed by atoms with Crippen LogP contribution in [0.1, 0.15) is 33.1 Å². The van der Waals surface area contributed by atoms with Crippen LogP contribution in [0.2, 0.25) is 0 Å². The van der Waals surface area contributed by atoms with Gasteiger partial charge in [0, 0.05) is 12.0 Å². The molecule has 21 heavy (non-hydrogen) atoms. The number of ether oxygens (including phenoxy) is 2. The largest absolute Gasteiger partial charge is 0.493 e. The molecular formula is C17H27NO3. The van der Waals surface area contributed by atoms with Crippen molar-refractivity contribution in [1.29, 1.82) is 0 Å². The van der Waals surface area contributed by atoms with E-state index in [4.69, 9.17) is 15.2 Å². The van der Waals surface area contributed by atoms with E-state index in [1.165, 1.54) is 0 Å². The quantitative estimate of drug-likeness (QED) is 0.846. The maximum atomic E-state index is 10.6. The van der Waals surface area contributed by atoms with E-state index in [-0.39, 0.29) is 16.9 Å². The molecule has 1 aromatic rings. The van der Waals surface area contributed by atoms with Gasteiger partial charge in [0.05, 0.1) is 19.8 Å². The van der Waals surface area contributed by atoms with Gasteiger partial charge in [-0.05, 0) is 36.8 Å². The number of methoxy groups -OCH3 is 1. The monoisotopic (exact) mass is 293 g/mol. The number of aliphatic hydroxyl groups is 1. The molecule has 4 heteroatoms. The lowest BCUT2D eigenvalue weighted by Crippen LogP contribution is -2.43. The van der Waals surface area contributed by atoms with Gasteiger partial charge in [-0.25, -0.2) is 0 Å². The van der Waals surface area contributed by atoms with Crippen molar-refractivity contribution in [1.82, 2.24) is 0 Å². The zero-order valence-electron chi connectivity index (χ0n) is 13.3. The van der Waals surface area contributed by atoms with Crippen LogP contribution in [0.15, 0.2) is 24.3 Å². The third-order valence-electron chi connectivity index (χ3n) is 4.92. The molecule has 2 rings (SSSR count). The average molecular weight is 293 g/mol. The second kappa shape index (κ2) is 6.24. The molecule has 2 atom stereocenters. The summed E-state index contributed by atoms with van der Waals surface area (Å²) in [4.78, 5) is 0. The molecule has 0 saturated heterocycles. The van der Waals surface area contributed by atoms with Crippen LogP contribution in [0.4, 0.5) is 0 Å². The Balaban J connectivity index is 1.99. The van der Waals surface area contributed by atoms with E-state index < -0.39 is 0 Å². The Labute approximate surface area is 127 Å². The van der Waals surface area contributed by atoms with Crippen LogP contribution in [-0.2, 0) is 0 Å². The topological polar surface area (TPSA) is 64.7 Å². The first-order chi connectivity index (χ1) is 9.95. The predicted molar refractivity (Wildman–Crippen MR) is 83.6 cm³/mol. The summed E-state index contributed by atoms with van der Waals surface area (Å²) in [6.07, 6.45) is 2.33. The Morgan fingerprint density at radius 1 is 1.24 bits per heavy atom. The van der Waals surface area contributed by atoms with Crippen molar-refractivity contribution < 1.29 is 14.6 Å². The highest BCUT2D eigenvalue weighted by Gasteiger charge is 2.50. The summed E-state index contributed by atoms with van der Waals surface area (Å²) >= 11 is 0. The molecular weight excluding hydrogens is 266 g/mol. The summed E-state index contributed by atoms with van der Waals surface area (Å²) < 4.78 is 11.1. The lowest BCUT2D eigenvalue weighted by molar-refractivity contribution is -0.0148. The van der Waals surface area contributed by atoms with Crippen LogP contribution in [0.25, 0.3) is 0 Å². The molecule has 0 amide bonds. The molecule has 1 aliphatic carbocycles. The van der Waals surface area contributed by atoms with E-state index >= 15 is 0 Å². The van der Waals surface area contributed by atoms with E-state index in [1.807, 2.05) is 24.3 Å². The fraction of sp³-hybridized carbons (Fsp3) is 0.647. The van der Waals surface area contributed by atoms with E-state index in [0.29, 0.717) is 13.2 Å². The van der Waals surface area contributed by atoms with Crippen LogP contribution >= 0.6 is 0 Å². The number of aliphatic hydroxyl groups excluding tert-OH is 1. The summed E-state index contributed by atoms with van der Waals surface area (Å²) in [5, 5.41) is 10.6. The van der Waals surface area contributed by atoms with E-state index in [1.54, 1.807) is 7.11 Å². The van der Waals surface area contributed by atoms with Gasteiger partial charge in [-0.15, -0.1) is 0 Å². The molecule has 0 spiro atoms. The van der Waals surface area contributed by atoms with Crippen molar-refractivity contribution in [2.75, 3.05) is 20.3 Å². The Hall–Kier alpha value is -1.26. The lowest BCUT2D eigenvalue weighted by Gasteiger charge is -2.35. The molecule has 2 unspecified atom stereocenters. The van der Waals surface area contributed by atoms with Crippen LogP contribution < -0.4 is 15.2 Å². The molecule has 0 bridgehead atoms.